The Morgan fingerprint density at radius 3 is 3.24 bits per heavy atom. The smallest absolute Gasteiger partial charge is 0.242 e. The zero-order valence-electron chi connectivity index (χ0n) is 9.27. The van der Waals surface area contributed by atoms with Gasteiger partial charge in [-0.1, -0.05) is 11.6 Å². The first-order chi connectivity index (χ1) is 8.15. The maximum atomic E-state index is 11.7. The summed E-state index contributed by atoms with van der Waals surface area (Å²) in [6, 6.07) is -0.185. The topological polar surface area (TPSA) is 79.2 Å². The predicted molar refractivity (Wildman–Crippen MR) is 62.7 cm³/mol. The van der Waals surface area contributed by atoms with Gasteiger partial charge in [0.25, 0.3) is 0 Å². The lowest BCUT2D eigenvalue weighted by Gasteiger charge is -2.29. The average molecular weight is 259 g/mol. The van der Waals surface area contributed by atoms with Crippen LogP contribution in [-0.2, 0) is 11.3 Å². The van der Waals surface area contributed by atoms with Crippen LogP contribution in [0.1, 0.15) is 6.42 Å². The summed E-state index contributed by atoms with van der Waals surface area (Å²) in [5, 5.41) is 19.9. The van der Waals surface area contributed by atoms with E-state index in [0.29, 0.717) is 11.6 Å². The summed E-state index contributed by atoms with van der Waals surface area (Å²) in [7, 11) is 0. The molecular weight excluding hydrogens is 244 g/mol. The lowest BCUT2D eigenvalue weighted by atomic mass is 10.0. The highest BCUT2D eigenvalue weighted by Crippen LogP contribution is 2.05. The SMILES string of the molecule is O=C(Cn1cc(Cl)cn1)N[C@@H]1CCNC[C@H]1O. The van der Waals surface area contributed by atoms with Crippen LogP contribution in [0.25, 0.3) is 0 Å². The standard InChI is InChI=1S/C10H15ClN4O2/c11-7-3-13-15(5-7)6-10(17)14-8-1-2-12-4-9(8)16/h3,5,8-9,12,16H,1-2,4,6H2,(H,14,17)/t8-,9-/m1/s1. The molecule has 94 valence electrons. The van der Waals surface area contributed by atoms with E-state index < -0.39 is 6.10 Å². The molecule has 17 heavy (non-hydrogen) atoms. The number of amides is 1. The molecular formula is C10H15ClN4O2. The van der Waals surface area contributed by atoms with Gasteiger partial charge >= 0.3 is 0 Å². The second-order valence-electron chi connectivity index (χ2n) is 4.09. The Balaban J connectivity index is 1.84. The number of rotatable bonds is 3. The minimum Gasteiger partial charge on any atom is -0.390 e. The molecule has 1 aliphatic rings. The number of aliphatic hydroxyl groups is 1. The molecule has 6 nitrogen and oxygen atoms in total. The van der Waals surface area contributed by atoms with E-state index in [1.165, 1.54) is 10.9 Å². The van der Waals surface area contributed by atoms with Crippen LogP contribution in [0.5, 0.6) is 0 Å². The highest BCUT2D eigenvalue weighted by atomic mass is 35.5. The fourth-order valence-electron chi connectivity index (χ4n) is 1.83. The third-order valence-corrected chi connectivity index (χ3v) is 2.90. The van der Waals surface area contributed by atoms with Crippen molar-refractivity contribution in [1.82, 2.24) is 20.4 Å². The molecule has 0 saturated carbocycles. The Hall–Kier alpha value is -1.11. The zero-order chi connectivity index (χ0) is 12.3. The van der Waals surface area contributed by atoms with Gasteiger partial charge in [-0.25, -0.2) is 0 Å². The van der Waals surface area contributed by atoms with E-state index in [9.17, 15) is 9.90 Å². The Kier molecular flexibility index (Phi) is 3.98. The van der Waals surface area contributed by atoms with Crippen molar-refractivity contribution in [3.63, 3.8) is 0 Å². The van der Waals surface area contributed by atoms with Crippen molar-refractivity contribution in [1.29, 1.82) is 0 Å². The third kappa shape index (κ3) is 3.42. The van der Waals surface area contributed by atoms with E-state index in [-0.39, 0.29) is 18.5 Å². The molecule has 0 aliphatic carbocycles. The number of hydrogen-bond donors (Lipinski definition) is 3. The van der Waals surface area contributed by atoms with E-state index in [1.54, 1.807) is 6.20 Å². The van der Waals surface area contributed by atoms with Crippen molar-refractivity contribution in [2.24, 2.45) is 0 Å². The maximum absolute atomic E-state index is 11.7. The van der Waals surface area contributed by atoms with Crippen LogP contribution < -0.4 is 10.6 Å². The third-order valence-electron chi connectivity index (χ3n) is 2.70. The molecule has 1 aromatic rings. The number of piperidine rings is 1. The summed E-state index contributed by atoms with van der Waals surface area (Å²) in [5.74, 6) is -0.171. The van der Waals surface area contributed by atoms with Crippen molar-refractivity contribution in [2.45, 2.75) is 25.1 Å². The van der Waals surface area contributed by atoms with Crippen LogP contribution >= 0.6 is 11.6 Å². The normalized spacial score (nSPS) is 24.6. The quantitative estimate of drug-likeness (QED) is 0.675. The summed E-state index contributed by atoms with van der Waals surface area (Å²) < 4.78 is 1.46. The number of β-amino-alcohol motifs (C(OH)–C–C–N with tert-alkyl or cyclic N) is 1. The highest BCUT2D eigenvalue weighted by molar-refractivity contribution is 6.30. The molecule has 0 spiro atoms. The Bertz CT molecular complexity index is 395. The predicted octanol–water partition coefficient (Wildman–Crippen LogP) is -0.625. The van der Waals surface area contributed by atoms with Crippen LogP contribution in [0.3, 0.4) is 0 Å². The Morgan fingerprint density at radius 1 is 1.76 bits per heavy atom. The zero-order valence-corrected chi connectivity index (χ0v) is 10.0. The van der Waals surface area contributed by atoms with Gasteiger partial charge in [0.05, 0.1) is 23.4 Å². The number of nitrogens with zero attached hydrogens (tertiary/aromatic N) is 2. The van der Waals surface area contributed by atoms with E-state index in [4.69, 9.17) is 11.6 Å². The molecule has 0 bridgehead atoms. The van der Waals surface area contributed by atoms with Crippen molar-refractivity contribution >= 4 is 17.5 Å². The van der Waals surface area contributed by atoms with E-state index in [1.807, 2.05) is 0 Å². The molecule has 1 aromatic heterocycles. The second-order valence-corrected chi connectivity index (χ2v) is 4.53. The molecule has 3 N–H and O–H groups in total. The maximum Gasteiger partial charge on any atom is 0.242 e. The number of carbonyl (C=O) groups is 1. The van der Waals surface area contributed by atoms with Gasteiger partial charge in [-0.2, -0.15) is 5.10 Å². The number of aromatic nitrogens is 2. The van der Waals surface area contributed by atoms with E-state index >= 15 is 0 Å². The monoisotopic (exact) mass is 258 g/mol. The van der Waals surface area contributed by atoms with Gasteiger partial charge < -0.3 is 15.7 Å². The minimum absolute atomic E-state index is 0.114. The second kappa shape index (κ2) is 5.48. The molecule has 2 heterocycles. The molecule has 1 saturated heterocycles. The van der Waals surface area contributed by atoms with Crippen LogP contribution in [0.15, 0.2) is 12.4 Å². The van der Waals surface area contributed by atoms with E-state index in [0.717, 1.165) is 13.0 Å². The van der Waals surface area contributed by atoms with Crippen molar-refractivity contribution in [2.75, 3.05) is 13.1 Å². The summed E-state index contributed by atoms with van der Waals surface area (Å²) in [5.41, 5.74) is 0. The van der Waals surface area contributed by atoms with Gasteiger partial charge in [0.2, 0.25) is 5.91 Å². The van der Waals surface area contributed by atoms with Gasteiger partial charge in [-0.05, 0) is 13.0 Å². The lowest BCUT2D eigenvalue weighted by Crippen LogP contribution is -2.53. The lowest BCUT2D eigenvalue weighted by molar-refractivity contribution is -0.123. The first-order valence-corrected chi connectivity index (χ1v) is 5.89. The molecule has 1 fully saturated rings. The molecule has 1 aliphatic heterocycles. The highest BCUT2D eigenvalue weighted by Gasteiger charge is 2.24. The van der Waals surface area contributed by atoms with Gasteiger partial charge in [0.15, 0.2) is 0 Å². The first kappa shape index (κ1) is 12.3. The molecule has 2 rings (SSSR count). The van der Waals surface area contributed by atoms with Crippen molar-refractivity contribution in [3.8, 4) is 0 Å². The van der Waals surface area contributed by atoms with Gasteiger partial charge in [-0.3, -0.25) is 9.48 Å². The summed E-state index contributed by atoms with van der Waals surface area (Å²) >= 11 is 5.70. The van der Waals surface area contributed by atoms with Crippen molar-refractivity contribution in [3.05, 3.63) is 17.4 Å². The molecule has 0 aromatic carbocycles. The molecule has 1 amide bonds. The largest absolute Gasteiger partial charge is 0.390 e. The molecule has 7 heteroatoms. The average Bonchev–Trinajstić information content (AvgIpc) is 2.67. The van der Waals surface area contributed by atoms with E-state index in [2.05, 4.69) is 15.7 Å². The minimum atomic E-state index is -0.533. The number of carbonyl (C=O) groups excluding carboxylic acids is 1. The molecule has 2 atom stereocenters. The molecule has 0 radical (unpaired) electrons. The Labute approximate surface area is 104 Å². The first-order valence-electron chi connectivity index (χ1n) is 5.51. The fraction of sp³-hybridized carbons (Fsp3) is 0.600. The summed E-state index contributed by atoms with van der Waals surface area (Å²) in [6.45, 7) is 1.43. The number of halogens is 1. The number of nitrogens with one attached hydrogen (secondary N) is 2. The van der Waals surface area contributed by atoms with Gasteiger partial charge in [0, 0.05) is 12.7 Å². The van der Waals surface area contributed by atoms with Crippen LogP contribution in [0, 0.1) is 0 Å². The van der Waals surface area contributed by atoms with Gasteiger partial charge in [0.1, 0.15) is 6.54 Å². The van der Waals surface area contributed by atoms with Crippen LogP contribution in [0.2, 0.25) is 5.02 Å². The fourth-order valence-corrected chi connectivity index (χ4v) is 1.99. The van der Waals surface area contributed by atoms with Crippen LogP contribution in [0.4, 0.5) is 0 Å². The Morgan fingerprint density at radius 2 is 2.59 bits per heavy atom. The summed E-state index contributed by atoms with van der Waals surface area (Å²) in [6.07, 6.45) is 3.26. The number of hydrogen-bond acceptors (Lipinski definition) is 4. The summed E-state index contributed by atoms with van der Waals surface area (Å²) in [4.78, 5) is 11.7. The van der Waals surface area contributed by atoms with Crippen molar-refractivity contribution < 1.29 is 9.90 Å². The van der Waals surface area contributed by atoms with Crippen LogP contribution in [-0.4, -0.2) is 46.0 Å². The number of aliphatic hydroxyl groups excluding tert-OH is 1. The molecule has 0 unspecified atom stereocenters. The van der Waals surface area contributed by atoms with Gasteiger partial charge in [-0.15, -0.1) is 0 Å².